The zero-order valence-corrected chi connectivity index (χ0v) is 16.2. The number of hydrogen-bond donors (Lipinski definition) is 2. The van der Waals surface area contributed by atoms with E-state index in [2.05, 4.69) is 20.8 Å². The van der Waals surface area contributed by atoms with E-state index in [0.717, 1.165) is 5.56 Å². The summed E-state index contributed by atoms with van der Waals surface area (Å²) in [7, 11) is 3.14. The van der Waals surface area contributed by atoms with Gasteiger partial charge in [-0.1, -0.05) is 29.8 Å². The van der Waals surface area contributed by atoms with E-state index in [0.29, 0.717) is 34.6 Å². The molecule has 28 heavy (non-hydrogen) atoms. The molecule has 2 N–H and O–H groups in total. The van der Waals surface area contributed by atoms with Gasteiger partial charge in [-0.3, -0.25) is 4.79 Å². The van der Waals surface area contributed by atoms with Crippen molar-refractivity contribution in [3.05, 3.63) is 70.9 Å². The van der Waals surface area contributed by atoms with Gasteiger partial charge in [-0.05, 0) is 42.0 Å². The molecule has 0 saturated heterocycles. The van der Waals surface area contributed by atoms with Crippen molar-refractivity contribution in [3.63, 3.8) is 0 Å². The fourth-order valence-corrected chi connectivity index (χ4v) is 2.67. The zero-order chi connectivity index (χ0) is 19.9. The molecule has 8 heteroatoms. The van der Waals surface area contributed by atoms with Gasteiger partial charge < -0.3 is 20.1 Å². The van der Waals surface area contributed by atoms with E-state index >= 15 is 0 Å². The molecule has 0 spiro atoms. The molecule has 3 rings (SSSR count). The first-order valence-corrected chi connectivity index (χ1v) is 8.83. The molecule has 7 nitrogen and oxygen atoms in total. The molecule has 0 aliphatic rings. The van der Waals surface area contributed by atoms with Crippen LogP contribution in [0.4, 0.5) is 11.5 Å². The van der Waals surface area contributed by atoms with Crippen LogP contribution < -0.4 is 20.1 Å². The quantitative estimate of drug-likeness (QED) is 0.629. The van der Waals surface area contributed by atoms with Crippen molar-refractivity contribution in [3.8, 4) is 11.5 Å². The summed E-state index contributed by atoms with van der Waals surface area (Å²) in [5, 5.41) is 14.4. The highest BCUT2D eigenvalue weighted by molar-refractivity contribution is 6.33. The molecular formula is C20H19ClN4O3. The van der Waals surface area contributed by atoms with Crippen LogP contribution in [0.2, 0.25) is 5.02 Å². The largest absolute Gasteiger partial charge is 0.493 e. The Hall–Kier alpha value is -3.32. The predicted molar refractivity (Wildman–Crippen MR) is 107 cm³/mol. The first-order valence-electron chi connectivity index (χ1n) is 8.45. The fourth-order valence-electron chi connectivity index (χ4n) is 2.48. The van der Waals surface area contributed by atoms with E-state index in [4.69, 9.17) is 21.1 Å². The van der Waals surface area contributed by atoms with E-state index in [-0.39, 0.29) is 11.6 Å². The summed E-state index contributed by atoms with van der Waals surface area (Å²) >= 11 is 6.10. The highest BCUT2D eigenvalue weighted by atomic mass is 35.5. The number of benzene rings is 2. The number of halogens is 1. The number of ether oxygens (including phenoxy) is 2. The molecule has 0 aliphatic carbocycles. The molecule has 0 unspecified atom stereocenters. The summed E-state index contributed by atoms with van der Waals surface area (Å²) in [6, 6.07) is 16.0. The third-order valence-electron chi connectivity index (χ3n) is 3.93. The van der Waals surface area contributed by atoms with E-state index in [1.165, 1.54) is 0 Å². The minimum absolute atomic E-state index is 0.213. The molecule has 0 saturated carbocycles. The lowest BCUT2D eigenvalue weighted by molar-refractivity contribution is 0.0945. The monoisotopic (exact) mass is 398 g/mol. The Morgan fingerprint density at radius 2 is 1.79 bits per heavy atom. The number of anilines is 2. The van der Waals surface area contributed by atoms with Crippen molar-refractivity contribution in [2.45, 2.75) is 6.54 Å². The van der Waals surface area contributed by atoms with Crippen LogP contribution in [-0.2, 0) is 6.54 Å². The normalized spacial score (nSPS) is 10.2. The summed E-state index contributed by atoms with van der Waals surface area (Å²) in [4.78, 5) is 12.3. The Balaban J connectivity index is 1.61. The van der Waals surface area contributed by atoms with Crippen molar-refractivity contribution in [1.29, 1.82) is 0 Å². The average Bonchev–Trinajstić information content (AvgIpc) is 2.74. The Labute approximate surface area is 167 Å². The maximum atomic E-state index is 12.3. The number of rotatable bonds is 7. The highest BCUT2D eigenvalue weighted by Gasteiger charge is 2.10. The third kappa shape index (κ3) is 4.69. The van der Waals surface area contributed by atoms with Crippen LogP contribution in [0.5, 0.6) is 11.5 Å². The maximum Gasteiger partial charge on any atom is 0.272 e. The number of carbonyl (C=O) groups is 1. The fraction of sp³-hybridized carbons (Fsp3) is 0.150. The van der Waals surface area contributed by atoms with Gasteiger partial charge >= 0.3 is 0 Å². The van der Waals surface area contributed by atoms with Gasteiger partial charge in [0.1, 0.15) is 0 Å². The van der Waals surface area contributed by atoms with Gasteiger partial charge in [0, 0.05) is 6.54 Å². The second kappa shape index (κ2) is 9.05. The topological polar surface area (TPSA) is 85.4 Å². The number of methoxy groups -OCH3 is 2. The number of hydrogen-bond acceptors (Lipinski definition) is 6. The van der Waals surface area contributed by atoms with E-state index < -0.39 is 0 Å². The Bertz CT molecular complexity index is 964. The van der Waals surface area contributed by atoms with Crippen molar-refractivity contribution in [1.82, 2.24) is 15.5 Å². The van der Waals surface area contributed by atoms with Gasteiger partial charge in [-0.2, -0.15) is 0 Å². The predicted octanol–water partition coefficient (Wildman–Crippen LogP) is 3.82. The number of nitrogens with one attached hydrogen (secondary N) is 2. The molecular weight excluding hydrogens is 380 g/mol. The maximum absolute atomic E-state index is 12.3. The van der Waals surface area contributed by atoms with Gasteiger partial charge in [0.05, 0.1) is 24.9 Å². The Morgan fingerprint density at radius 3 is 2.46 bits per heavy atom. The van der Waals surface area contributed by atoms with Crippen LogP contribution >= 0.6 is 11.6 Å². The second-order valence-corrected chi connectivity index (χ2v) is 6.19. The second-order valence-electron chi connectivity index (χ2n) is 5.78. The standard InChI is InChI=1S/C20H19ClN4O3/c1-27-17-9-7-13(11-18(17)28-2)12-22-20(26)16-8-10-19(25-24-16)23-15-6-4-3-5-14(15)21/h3-11H,12H2,1-2H3,(H,22,26)(H,23,25). The lowest BCUT2D eigenvalue weighted by Crippen LogP contribution is -2.24. The average molecular weight is 399 g/mol. The molecule has 1 heterocycles. The summed E-state index contributed by atoms with van der Waals surface area (Å²) < 4.78 is 10.5. The lowest BCUT2D eigenvalue weighted by Gasteiger charge is -2.10. The number of carbonyl (C=O) groups excluding carboxylic acids is 1. The molecule has 2 aromatic carbocycles. The van der Waals surface area contributed by atoms with Crippen molar-refractivity contribution in [2.75, 3.05) is 19.5 Å². The van der Waals surface area contributed by atoms with E-state index in [1.54, 1.807) is 44.6 Å². The Morgan fingerprint density at radius 1 is 1.00 bits per heavy atom. The van der Waals surface area contributed by atoms with Gasteiger partial charge in [-0.15, -0.1) is 10.2 Å². The minimum atomic E-state index is -0.327. The van der Waals surface area contributed by atoms with Crippen LogP contribution in [0.3, 0.4) is 0 Å². The minimum Gasteiger partial charge on any atom is -0.493 e. The summed E-state index contributed by atoms with van der Waals surface area (Å²) in [5.74, 6) is 1.39. The van der Waals surface area contributed by atoms with Crippen LogP contribution in [0, 0.1) is 0 Å². The molecule has 0 bridgehead atoms. The smallest absolute Gasteiger partial charge is 0.272 e. The highest BCUT2D eigenvalue weighted by Crippen LogP contribution is 2.27. The number of aromatic nitrogens is 2. The molecule has 0 atom stereocenters. The van der Waals surface area contributed by atoms with Crippen molar-refractivity contribution < 1.29 is 14.3 Å². The molecule has 144 valence electrons. The Kier molecular flexibility index (Phi) is 6.29. The third-order valence-corrected chi connectivity index (χ3v) is 4.26. The molecule has 1 amide bonds. The summed E-state index contributed by atoms with van der Waals surface area (Å²) in [6.07, 6.45) is 0. The van der Waals surface area contributed by atoms with Gasteiger partial charge in [0.15, 0.2) is 23.0 Å². The molecule has 3 aromatic rings. The number of amides is 1. The van der Waals surface area contributed by atoms with Crippen LogP contribution in [-0.4, -0.2) is 30.3 Å². The SMILES string of the molecule is COc1ccc(CNC(=O)c2ccc(Nc3ccccc3Cl)nn2)cc1OC. The number of nitrogens with zero attached hydrogens (tertiary/aromatic N) is 2. The first kappa shape index (κ1) is 19.4. The van der Waals surface area contributed by atoms with Gasteiger partial charge in [-0.25, -0.2) is 0 Å². The molecule has 0 fully saturated rings. The lowest BCUT2D eigenvalue weighted by atomic mass is 10.2. The van der Waals surface area contributed by atoms with Gasteiger partial charge in [0.2, 0.25) is 0 Å². The molecule has 0 radical (unpaired) electrons. The van der Waals surface area contributed by atoms with Crippen LogP contribution in [0.25, 0.3) is 0 Å². The molecule has 0 aliphatic heterocycles. The van der Waals surface area contributed by atoms with E-state index in [1.807, 2.05) is 24.3 Å². The van der Waals surface area contributed by atoms with Crippen LogP contribution in [0.1, 0.15) is 16.1 Å². The summed E-state index contributed by atoms with van der Waals surface area (Å²) in [6.45, 7) is 0.320. The number of para-hydroxylation sites is 1. The first-order chi connectivity index (χ1) is 13.6. The zero-order valence-electron chi connectivity index (χ0n) is 15.4. The summed E-state index contributed by atoms with van der Waals surface area (Å²) in [5.41, 5.74) is 1.80. The van der Waals surface area contributed by atoms with Gasteiger partial charge in [0.25, 0.3) is 5.91 Å². The van der Waals surface area contributed by atoms with E-state index in [9.17, 15) is 4.79 Å². The van der Waals surface area contributed by atoms with Crippen molar-refractivity contribution in [2.24, 2.45) is 0 Å². The molecule has 1 aromatic heterocycles. The van der Waals surface area contributed by atoms with Crippen LogP contribution in [0.15, 0.2) is 54.6 Å². The van der Waals surface area contributed by atoms with Crippen molar-refractivity contribution >= 4 is 29.0 Å².